The van der Waals surface area contributed by atoms with Crippen molar-refractivity contribution < 1.29 is 42.4 Å². The molecule has 1 aliphatic rings. The van der Waals surface area contributed by atoms with Crippen LogP contribution in [0.4, 0.5) is 18.9 Å². The number of phenols is 1. The number of carbonyl (C=O) groups excluding carboxylic acids is 2. The van der Waals surface area contributed by atoms with Crippen molar-refractivity contribution in [3.63, 3.8) is 0 Å². The topological polar surface area (TPSA) is 96.3 Å². The highest BCUT2D eigenvalue weighted by atomic mass is 19.4. The van der Waals surface area contributed by atoms with Gasteiger partial charge in [0.2, 0.25) is 0 Å². The molecule has 10 heteroatoms. The molecule has 0 aliphatic carbocycles. The van der Waals surface area contributed by atoms with Gasteiger partial charge in [0, 0.05) is 5.69 Å². The minimum atomic E-state index is -4.59. The number of aromatic hydroxyl groups is 1. The molecule has 1 atom stereocenters. The van der Waals surface area contributed by atoms with Crippen LogP contribution in [0, 0.1) is 0 Å². The highest BCUT2D eigenvalue weighted by Crippen LogP contribution is 2.44. The van der Waals surface area contributed by atoms with E-state index in [1.165, 1.54) is 50.6 Å². The molecule has 0 aromatic heterocycles. The van der Waals surface area contributed by atoms with Gasteiger partial charge in [-0.05, 0) is 60.2 Å². The number of amides is 1. The fourth-order valence-electron chi connectivity index (χ4n) is 4.03. The van der Waals surface area contributed by atoms with Gasteiger partial charge in [0.15, 0.2) is 0 Å². The van der Waals surface area contributed by atoms with E-state index < -0.39 is 35.2 Å². The van der Waals surface area contributed by atoms with Crippen molar-refractivity contribution >= 4 is 23.1 Å². The molecule has 3 aromatic rings. The Bertz CT molecular complexity index is 1350. The Balaban J connectivity index is 1.94. The number of Topliss-reactive ketones (excluding diaryl/α,β-unsaturated/α-hetero) is 1. The Kier molecular flexibility index (Phi) is 6.36. The molecule has 4 rings (SSSR count). The van der Waals surface area contributed by atoms with Gasteiger partial charge in [-0.1, -0.05) is 12.1 Å². The summed E-state index contributed by atoms with van der Waals surface area (Å²) >= 11 is 0. The van der Waals surface area contributed by atoms with Crippen molar-refractivity contribution in [3.8, 4) is 17.2 Å². The number of ether oxygens (including phenoxy) is 2. The lowest BCUT2D eigenvalue weighted by atomic mass is 9.94. The number of phenolic OH excluding ortho intramolecular Hbond substituents is 1. The van der Waals surface area contributed by atoms with Gasteiger partial charge in [0.05, 0.1) is 37.0 Å². The molecule has 2 N–H and O–H groups in total. The van der Waals surface area contributed by atoms with Gasteiger partial charge in [0.25, 0.3) is 11.7 Å². The van der Waals surface area contributed by atoms with E-state index in [-0.39, 0.29) is 28.3 Å². The van der Waals surface area contributed by atoms with E-state index in [4.69, 9.17) is 9.47 Å². The van der Waals surface area contributed by atoms with Crippen molar-refractivity contribution in [2.45, 2.75) is 12.2 Å². The van der Waals surface area contributed by atoms with Crippen molar-refractivity contribution in [1.29, 1.82) is 0 Å². The highest BCUT2D eigenvalue weighted by Gasteiger charge is 2.47. The molecule has 1 heterocycles. The average Bonchev–Trinajstić information content (AvgIpc) is 3.13. The fraction of sp³-hybridized carbons (Fsp3) is 0.154. The number of carbonyl (C=O) groups is 2. The molecule has 1 unspecified atom stereocenters. The number of benzene rings is 3. The monoisotopic (exact) mass is 499 g/mol. The van der Waals surface area contributed by atoms with E-state index in [2.05, 4.69) is 0 Å². The second kappa shape index (κ2) is 9.29. The maximum absolute atomic E-state index is 13.2. The Morgan fingerprint density at radius 2 is 1.56 bits per heavy atom. The fourth-order valence-corrected chi connectivity index (χ4v) is 4.03. The third-order valence-corrected chi connectivity index (χ3v) is 5.79. The van der Waals surface area contributed by atoms with Crippen LogP contribution in [-0.4, -0.2) is 36.1 Å². The summed E-state index contributed by atoms with van der Waals surface area (Å²) in [7, 11) is 2.77. The SMILES string of the molecule is COc1ccc(OC)c(/C(O)=C2\C(=O)C(=O)N(c3ccc(C(F)(F)F)cc3)C2c2ccc(O)cc2)c1. The normalized spacial score (nSPS) is 17.4. The van der Waals surface area contributed by atoms with Crippen LogP contribution >= 0.6 is 0 Å². The highest BCUT2D eigenvalue weighted by molar-refractivity contribution is 6.51. The predicted octanol–water partition coefficient (Wildman–Crippen LogP) is 5.05. The summed E-state index contributed by atoms with van der Waals surface area (Å²) in [6.07, 6.45) is -4.59. The second-order valence-corrected chi connectivity index (χ2v) is 7.87. The van der Waals surface area contributed by atoms with E-state index >= 15 is 0 Å². The number of alkyl halides is 3. The average molecular weight is 499 g/mol. The third kappa shape index (κ3) is 4.33. The number of anilines is 1. The number of aliphatic hydroxyl groups excluding tert-OH is 1. The minimum absolute atomic E-state index is 0.0137. The van der Waals surface area contributed by atoms with Crippen LogP contribution in [0.1, 0.15) is 22.7 Å². The predicted molar refractivity (Wildman–Crippen MR) is 124 cm³/mol. The van der Waals surface area contributed by atoms with E-state index in [0.29, 0.717) is 11.3 Å². The Morgan fingerprint density at radius 3 is 2.11 bits per heavy atom. The molecule has 0 bridgehead atoms. The molecule has 186 valence electrons. The lowest BCUT2D eigenvalue weighted by Gasteiger charge is -2.26. The Labute approximate surface area is 203 Å². The van der Waals surface area contributed by atoms with E-state index in [1.54, 1.807) is 6.07 Å². The second-order valence-electron chi connectivity index (χ2n) is 7.87. The molecule has 1 aliphatic heterocycles. The van der Waals surface area contributed by atoms with Gasteiger partial charge in [-0.15, -0.1) is 0 Å². The summed E-state index contributed by atoms with van der Waals surface area (Å²) in [5, 5.41) is 21.0. The number of rotatable bonds is 5. The summed E-state index contributed by atoms with van der Waals surface area (Å²) in [4.78, 5) is 27.4. The Morgan fingerprint density at radius 1 is 0.917 bits per heavy atom. The summed E-state index contributed by atoms with van der Waals surface area (Å²) in [6, 6.07) is 12.6. The number of methoxy groups -OCH3 is 2. The van der Waals surface area contributed by atoms with Crippen LogP contribution in [0.3, 0.4) is 0 Å². The van der Waals surface area contributed by atoms with Gasteiger partial charge in [0.1, 0.15) is 23.0 Å². The summed E-state index contributed by atoms with van der Waals surface area (Å²) < 4.78 is 49.7. The summed E-state index contributed by atoms with van der Waals surface area (Å²) in [5.41, 5.74) is -0.816. The van der Waals surface area contributed by atoms with Crippen LogP contribution in [0.2, 0.25) is 0 Å². The number of hydrogen-bond donors (Lipinski definition) is 2. The molecule has 0 spiro atoms. The summed E-state index contributed by atoms with van der Waals surface area (Å²) in [6.45, 7) is 0. The lowest BCUT2D eigenvalue weighted by Crippen LogP contribution is -2.29. The number of halogens is 3. The molecule has 0 saturated carbocycles. The first-order valence-electron chi connectivity index (χ1n) is 10.6. The molecule has 3 aromatic carbocycles. The molecule has 36 heavy (non-hydrogen) atoms. The molecule has 1 amide bonds. The maximum atomic E-state index is 13.2. The number of ketones is 1. The number of aliphatic hydroxyl groups is 1. The zero-order chi connectivity index (χ0) is 26.2. The van der Waals surface area contributed by atoms with Gasteiger partial charge >= 0.3 is 6.18 Å². The first-order valence-corrected chi connectivity index (χ1v) is 10.6. The number of hydrogen-bond acceptors (Lipinski definition) is 6. The van der Waals surface area contributed by atoms with Crippen LogP contribution in [0.15, 0.2) is 72.3 Å². The maximum Gasteiger partial charge on any atom is 0.416 e. The minimum Gasteiger partial charge on any atom is -0.508 e. The molecule has 1 fully saturated rings. The quantitative estimate of drug-likeness (QED) is 0.290. The number of nitrogens with zero attached hydrogens (tertiary/aromatic N) is 1. The van der Waals surface area contributed by atoms with Gasteiger partial charge in [-0.25, -0.2) is 0 Å². The van der Waals surface area contributed by atoms with Gasteiger partial charge in [-0.2, -0.15) is 13.2 Å². The standard InChI is InChI=1S/C26H20F3NO6/c1-35-18-11-12-20(36-2)19(13-18)23(32)21-22(14-3-9-17(31)10-4-14)30(25(34)24(21)33)16-7-5-15(6-8-16)26(27,28)29/h3-13,22,31-32H,1-2H3/b23-21+. The molecule has 7 nitrogen and oxygen atoms in total. The van der Waals surface area contributed by atoms with E-state index in [9.17, 15) is 33.0 Å². The van der Waals surface area contributed by atoms with Gasteiger partial charge in [-0.3, -0.25) is 14.5 Å². The first kappa shape index (κ1) is 24.6. The van der Waals surface area contributed by atoms with Crippen LogP contribution in [0.5, 0.6) is 17.2 Å². The molecule has 1 saturated heterocycles. The van der Waals surface area contributed by atoms with Crippen LogP contribution < -0.4 is 14.4 Å². The zero-order valence-corrected chi connectivity index (χ0v) is 19.0. The van der Waals surface area contributed by atoms with Crippen molar-refractivity contribution in [2.75, 3.05) is 19.1 Å². The molecular weight excluding hydrogens is 479 g/mol. The van der Waals surface area contributed by atoms with E-state index in [0.717, 1.165) is 29.2 Å². The largest absolute Gasteiger partial charge is 0.508 e. The molecule has 0 radical (unpaired) electrons. The zero-order valence-electron chi connectivity index (χ0n) is 19.0. The van der Waals surface area contributed by atoms with Crippen LogP contribution in [-0.2, 0) is 15.8 Å². The van der Waals surface area contributed by atoms with Crippen molar-refractivity contribution in [1.82, 2.24) is 0 Å². The van der Waals surface area contributed by atoms with Gasteiger partial charge < -0.3 is 19.7 Å². The third-order valence-electron chi connectivity index (χ3n) is 5.79. The Hall–Kier alpha value is -4.47. The van der Waals surface area contributed by atoms with Crippen molar-refractivity contribution in [2.24, 2.45) is 0 Å². The smallest absolute Gasteiger partial charge is 0.416 e. The van der Waals surface area contributed by atoms with Crippen LogP contribution in [0.25, 0.3) is 5.76 Å². The molecular formula is C26H20F3NO6. The van der Waals surface area contributed by atoms with E-state index in [1.807, 2.05) is 0 Å². The summed E-state index contributed by atoms with van der Waals surface area (Å²) in [5.74, 6) is -2.20. The lowest BCUT2D eigenvalue weighted by molar-refractivity contribution is -0.137. The first-order chi connectivity index (χ1) is 17.1. The van der Waals surface area contributed by atoms with Crippen molar-refractivity contribution in [3.05, 3.63) is 89.0 Å².